The molecule has 1 aromatic heterocycles. The molecule has 10 heteroatoms. The fraction of sp³-hybridized carbons (Fsp3) is 0.278. The molecule has 4 rings (SSSR count). The van der Waals surface area contributed by atoms with Gasteiger partial charge < -0.3 is 4.84 Å². The Morgan fingerprint density at radius 1 is 1.00 bits per heavy atom. The van der Waals surface area contributed by atoms with Crippen molar-refractivity contribution in [2.24, 2.45) is 0 Å². The maximum Gasteiger partial charge on any atom is 0.338 e. The van der Waals surface area contributed by atoms with Crippen LogP contribution < -0.4 is 0 Å². The van der Waals surface area contributed by atoms with Crippen LogP contribution in [0.2, 0.25) is 0 Å². The van der Waals surface area contributed by atoms with E-state index >= 15 is 0 Å². The minimum atomic E-state index is -3.55. The molecule has 146 valence electrons. The Morgan fingerprint density at radius 2 is 1.61 bits per heavy atom. The van der Waals surface area contributed by atoms with E-state index in [2.05, 4.69) is 0 Å². The van der Waals surface area contributed by atoms with Gasteiger partial charge in [-0.3, -0.25) is 9.59 Å². The third-order valence-electron chi connectivity index (χ3n) is 4.56. The lowest BCUT2D eigenvalue weighted by Crippen LogP contribution is -2.33. The molecule has 0 spiro atoms. The number of hydrogen-bond acceptors (Lipinski definition) is 7. The van der Waals surface area contributed by atoms with Gasteiger partial charge in [-0.05, 0) is 37.1 Å². The summed E-state index contributed by atoms with van der Waals surface area (Å²) in [6.07, 6.45) is 1.43. The second kappa shape index (κ2) is 7.12. The Labute approximate surface area is 165 Å². The minimum absolute atomic E-state index is 0.165. The molecule has 1 fully saturated rings. The van der Waals surface area contributed by atoms with Crippen LogP contribution in [0.5, 0.6) is 0 Å². The van der Waals surface area contributed by atoms with Gasteiger partial charge in [0.05, 0.1) is 17.5 Å². The zero-order valence-corrected chi connectivity index (χ0v) is 16.3. The molecule has 8 nitrogen and oxygen atoms in total. The number of thiophene rings is 1. The third-order valence-corrected chi connectivity index (χ3v) is 8.02. The van der Waals surface area contributed by atoms with E-state index in [-0.39, 0.29) is 21.8 Å². The zero-order chi connectivity index (χ0) is 19.9. The molecule has 0 radical (unpaired) electrons. The number of rotatable bonds is 5. The molecule has 2 amide bonds. The van der Waals surface area contributed by atoms with E-state index in [4.69, 9.17) is 4.84 Å². The summed E-state index contributed by atoms with van der Waals surface area (Å²) in [6.45, 7) is 0.995. The Balaban J connectivity index is 1.44. The number of benzene rings is 1. The maximum atomic E-state index is 12.5. The zero-order valence-electron chi connectivity index (χ0n) is 14.7. The van der Waals surface area contributed by atoms with Gasteiger partial charge >= 0.3 is 5.97 Å². The van der Waals surface area contributed by atoms with Crippen LogP contribution in [-0.2, 0) is 26.1 Å². The maximum absolute atomic E-state index is 12.5. The Hall–Kier alpha value is -2.56. The highest BCUT2D eigenvalue weighted by atomic mass is 32.2. The summed E-state index contributed by atoms with van der Waals surface area (Å²) in [5.41, 5.74) is 0.353. The number of imide groups is 1. The molecule has 28 heavy (non-hydrogen) atoms. The van der Waals surface area contributed by atoms with Gasteiger partial charge in [-0.1, -0.05) is 17.2 Å². The summed E-state index contributed by atoms with van der Waals surface area (Å²) in [4.78, 5) is 42.1. The van der Waals surface area contributed by atoms with Gasteiger partial charge in [0.25, 0.3) is 21.8 Å². The van der Waals surface area contributed by atoms with Crippen LogP contribution in [0.4, 0.5) is 0 Å². The van der Waals surface area contributed by atoms with E-state index < -0.39 is 27.8 Å². The van der Waals surface area contributed by atoms with Crippen molar-refractivity contribution < 1.29 is 27.6 Å². The van der Waals surface area contributed by atoms with Gasteiger partial charge in [0, 0.05) is 18.0 Å². The first-order chi connectivity index (χ1) is 13.4. The lowest BCUT2D eigenvalue weighted by Gasteiger charge is -2.13. The first-order valence-electron chi connectivity index (χ1n) is 8.65. The van der Waals surface area contributed by atoms with Crippen LogP contribution >= 0.6 is 11.3 Å². The van der Waals surface area contributed by atoms with Gasteiger partial charge in [-0.15, -0.1) is 11.3 Å². The van der Waals surface area contributed by atoms with Crippen molar-refractivity contribution in [2.45, 2.75) is 23.5 Å². The third kappa shape index (κ3) is 3.23. The van der Waals surface area contributed by atoms with E-state index in [0.29, 0.717) is 23.0 Å². The van der Waals surface area contributed by atoms with Crippen LogP contribution in [-0.4, -0.2) is 48.7 Å². The summed E-state index contributed by atoms with van der Waals surface area (Å²) >= 11 is 0.983. The molecule has 0 N–H and O–H groups in total. The lowest BCUT2D eigenvalue weighted by molar-refractivity contribution is -0.167. The number of hydrogen-bond donors (Lipinski definition) is 0. The van der Waals surface area contributed by atoms with E-state index in [1.165, 1.54) is 28.6 Å². The van der Waals surface area contributed by atoms with Crippen LogP contribution in [0.25, 0.3) is 0 Å². The minimum Gasteiger partial charge on any atom is -0.329 e. The molecule has 1 aromatic carbocycles. The predicted molar refractivity (Wildman–Crippen MR) is 99.0 cm³/mol. The highest BCUT2D eigenvalue weighted by molar-refractivity contribution is 7.91. The van der Waals surface area contributed by atoms with Gasteiger partial charge in [-0.2, -0.15) is 4.31 Å². The van der Waals surface area contributed by atoms with E-state index in [0.717, 1.165) is 24.2 Å². The van der Waals surface area contributed by atoms with Crippen molar-refractivity contribution in [1.29, 1.82) is 0 Å². The molecule has 0 atom stereocenters. The number of hydroxylamine groups is 2. The summed E-state index contributed by atoms with van der Waals surface area (Å²) < 4.78 is 26.7. The summed E-state index contributed by atoms with van der Waals surface area (Å²) in [5, 5.41) is 0.447. The predicted octanol–water partition coefficient (Wildman–Crippen LogP) is 1.83. The van der Waals surface area contributed by atoms with Crippen molar-refractivity contribution >= 4 is 39.1 Å². The number of carbonyl (C=O) groups is 3. The van der Waals surface area contributed by atoms with E-state index in [9.17, 15) is 22.8 Å². The first-order valence-corrected chi connectivity index (χ1v) is 10.9. The quantitative estimate of drug-likeness (QED) is 0.684. The van der Waals surface area contributed by atoms with Crippen molar-refractivity contribution in [3.05, 3.63) is 52.4 Å². The molecular formula is C18H16N2O6S2. The van der Waals surface area contributed by atoms with Gasteiger partial charge in [0.1, 0.15) is 4.21 Å². The molecule has 0 saturated carbocycles. The molecular weight excluding hydrogens is 404 g/mol. The molecule has 0 unspecified atom stereocenters. The van der Waals surface area contributed by atoms with Crippen LogP contribution in [0.15, 0.2) is 40.6 Å². The van der Waals surface area contributed by atoms with Crippen molar-refractivity contribution in [2.75, 3.05) is 13.1 Å². The normalized spacial score (nSPS) is 17.2. The number of amides is 2. The van der Waals surface area contributed by atoms with Gasteiger partial charge in [0.15, 0.2) is 0 Å². The van der Waals surface area contributed by atoms with Crippen LogP contribution in [0.3, 0.4) is 0 Å². The topological polar surface area (TPSA) is 101 Å². The molecule has 0 aliphatic carbocycles. The van der Waals surface area contributed by atoms with Crippen LogP contribution in [0, 0.1) is 0 Å². The molecule has 2 aromatic rings. The van der Waals surface area contributed by atoms with E-state index in [1.807, 2.05) is 0 Å². The molecule has 0 bridgehead atoms. The molecule has 1 saturated heterocycles. The number of carbonyl (C=O) groups excluding carboxylic acids is 3. The lowest BCUT2D eigenvalue weighted by atomic mass is 10.1. The first kappa shape index (κ1) is 18.8. The highest BCUT2D eigenvalue weighted by Gasteiger charge is 2.38. The van der Waals surface area contributed by atoms with Crippen molar-refractivity contribution in [3.8, 4) is 0 Å². The Morgan fingerprint density at radius 3 is 2.21 bits per heavy atom. The standard InChI is InChI=1S/C18H16N2O6S2/c21-15(26-20-17(22)13-5-1-2-6-14(13)18(20)23)11-12-7-8-16(27-12)28(24,25)19-9-3-4-10-19/h1-2,5-8H,3-4,9-11H2. The van der Waals surface area contributed by atoms with Crippen molar-refractivity contribution in [3.63, 3.8) is 0 Å². The second-order valence-electron chi connectivity index (χ2n) is 6.42. The average Bonchev–Trinajstić information content (AvgIpc) is 3.41. The number of nitrogens with zero attached hydrogens (tertiary/aromatic N) is 2. The summed E-state index contributed by atoms with van der Waals surface area (Å²) in [7, 11) is -3.55. The van der Waals surface area contributed by atoms with Gasteiger partial charge in [-0.25, -0.2) is 13.2 Å². The van der Waals surface area contributed by atoms with Crippen LogP contribution in [0.1, 0.15) is 38.4 Å². The number of sulfonamides is 1. The van der Waals surface area contributed by atoms with Gasteiger partial charge in [0.2, 0.25) is 0 Å². The summed E-state index contributed by atoms with van der Waals surface area (Å²) in [6, 6.07) is 9.20. The average molecular weight is 420 g/mol. The van der Waals surface area contributed by atoms with Crippen molar-refractivity contribution in [1.82, 2.24) is 9.37 Å². The Kier molecular flexibility index (Phi) is 4.77. The smallest absolute Gasteiger partial charge is 0.329 e. The monoisotopic (exact) mass is 420 g/mol. The van der Waals surface area contributed by atoms with E-state index in [1.54, 1.807) is 12.1 Å². The number of fused-ring (bicyclic) bond motifs is 1. The Bertz CT molecular complexity index is 1030. The molecule has 2 aliphatic heterocycles. The second-order valence-corrected chi connectivity index (χ2v) is 9.76. The fourth-order valence-electron chi connectivity index (χ4n) is 3.17. The SMILES string of the molecule is O=C(Cc1ccc(S(=O)(=O)N2CCCC2)s1)ON1C(=O)c2ccccc2C1=O. The summed E-state index contributed by atoms with van der Waals surface area (Å²) in [5.74, 6) is -2.21. The largest absolute Gasteiger partial charge is 0.338 e. The molecule has 2 aliphatic rings. The molecule has 3 heterocycles. The fourth-order valence-corrected chi connectivity index (χ4v) is 6.19. The highest BCUT2D eigenvalue weighted by Crippen LogP contribution is 2.28.